The fraction of sp³-hybridized carbons (Fsp3) is 0.733. The average Bonchev–Trinajstić information content (AvgIpc) is 3.06. The molecular weight excluding hydrogens is 256 g/mol. The minimum absolute atomic E-state index is 0.818. The maximum atomic E-state index is 5.73. The molecule has 2 rings (SSSR count). The van der Waals surface area contributed by atoms with Crippen molar-refractivity contribution in [3.05, 3.63) is 23.7 Å². The number of hydrogen-bond donors (Lipinski definition) is 1. The molecule has 3 nitrogen and oxygen atoms in total. The zero-order chi connectivity index (χ0) is 13.5. The van der Waals surface area contributed by atoms with Crippen LogP contribution < -0.4 is 5.32 Å². The Kier molecular flexibility index (Phi) is 6.28. The van der Waals surface area contributed by atoms with Gasteiger partial charge in [0.05, 0.1) is 12.3 Å². The lowest BCUT2D eigenvalue weighted by Crippen LogP contribution is -2.35. The lowest BCUT2D eigenvalue weighted by atomic mass is 10.2. The molecule has 0 aliphatic heterocycles. The summed E-state index contributed by atoms with van der Waals surface area (Å²) >= 11 is 1.79. The van der Waals surface area contributed by atoms with E-state index >= 15 is 0 Å². The Hall–Kier alpha value is -0.450. The monoisotopic (exact) mass is 282 g/mol. The Morgan fingerprint density at radius 2 is 2.05 bits per heavy atom. The molecule has 1 fully saturated rings. The third-order valence-corrected chi connectivity index (χ3v) is 4.47. The maximum absolute atomic E-state index is 5.73. The standard InChI is InChI=1S/C15H26N2OS/c1-17(13-5-3-4-6-13)10-9-16-11-14-7-8-15(18-14)12-19-2/h7-8,13,16H,3-6,9-12H2,1-2H3. The van der Waals surface area contributed by atoms with Crippen LogP contribution in [-0.4, -0.2) is 37.3 Å². The first-order chi connectivity index (χ1) is 9.29. The van der Waals surface area contributed by atoms with Crippen LogP contribution >= 0.6 is 11.8 Å². The number of likely N-dealkylation sites (N-methyl/N-ethyl adjacent to an activating group) is 1. The van der Waals surface area contributed by atoms with Gasteiger partial charge in [0.2, 0.25) is 0 Å². The molecule has 1 N–H and O–H groups in total. The maximum Gasteiger partial charge on any atom is 0.118 e. The van der Waals surface area contributed by atoms with E-state index in [0.29, 0.717) is 0 Å². The summed E-state index contributed by atoms with van der Waals surface area (Å²) in [7, 11) is 2.25. The third kappa shape index (κ3) is 4.86. The molecule has 0 saturated heterocycles. The van der Waals surface area contributed by atoms with Crippen molar-refractivity contribution in [2.45, 2.75) is 44.0 Å². The Morgan fingerprint density at radius 1 is 1.32 bits per heavy atom. The van der Waals surface area contributed by atoms with E-state index in [1.165, 1.54) is 25.7 Å². The molecule has 1 saturated carbocycles. The van der Waals surface area contributed by atoms with Crippen LogP contribution in [0.25, 0.3) is 0 Å². The van der Waals surface area contributed by atoms with Crippen molar-refractivity contribution in [1.82, 2.24) is 10.2 Å². The minimum Gasteiger partial charge on any atom is -0.464 e. The topological polar surface area (TPSA) is 28.4 Å². The van der Waals surface area contributed by atoms with Crippen molar-refractivity contribution in [2.24, 2.45) is 0 Å². The van der Waals surface area contributed by atoms with Crippen LogP contribution in [0.3, 0.4) is 0 Å². The first-order valence-corrected chi connectivity index (χ1v) is 8.66. The molecule has 1 aliphatic carbocycles. The van der Waals surface area contributed by atoms with E-state index in [2.05, 4.69) is 35.7 Å². The van der Waals surface area contributed by atoms with Crippen LogP contribution in [0.15, 0.2) is 16.5 Å². The molecule has 1 heterocycles. The van der Waals surface area contributed by atoms with Crippen LogP contribution in [0.1, 0.15) is 37.2 Å². The number of thioether (sulfide) groups is 1. The van der Waals surface area contributed by atoms with Crippen molar-refractivity contribution in [3.63, 3.8) is 0 Å². The molecule has 1 aromatic heterocycles. The van der Waals surface area contributed by atoms with Crippen molar-refractivity contribution in [1.29, 1.82) is 0 Å². The third-order valence-electron chi connectivity index (χ3n) is 3.89. The van der Waals surface area contributed by atoms with Crippen LogP contribution in [-0.2, 0) is 12.3 Å². The molecule has 0 atom stereocenters. The highest BCUT2D eigenvalue weighted by atomic mass is 32.2. The Bertz CT molecular complexity index is 361. The number of hydrogen-bond acceptors (Lipinski definition) is 4. The lowest BCUT2D eigenvalue weighted by Gasteiger charge is -2.23. The van der Waals surface area contributed by atoms with E-state index in [-0.39, 0.29) is 0 Å². The van der Waals surface area contributed by atoms with E-state index in [1.54, 1.807) is 11.8 Å². The molecular formula is C15H26N2OS. The molecule has 1 aromatic rings. The van der Waals surface area contributed by atoms with Gasteiger partial charge < -0.3 is 14.6 Å². The Morgan fingerprint density at radius 3 is 2.79 bits per heavy atom. The van der Waals surface area contributed by atoms with Crippen LogP contribution in [0.5, 0.6) is 0 Å². The molecule has 108 valence electrons. The van der Waals surface area contributed by atoms with Gasteiger partial charge >= 0.3 is 0 Å². The molecule has 0 amide bonds. The van der Waals surface area contributed by atoms with Crippen molar-refractivity contribution in [2.75, 3.05) is 26.4 Å². The predicted molar refractivity (Wildman–Crippen MR) is 82.5 cm³/mol. The Balaban J connectivity index is 1.60. The minimum atomic E-state index is 0.818. The molecule has 0 radical (unpaired) electrons. The summed E-state index contributed by atoms with van der Waals surface area (Å²) in [6.45, 7) is 3.00. The molecule has 19 heavy (non-hydrogen) atoms. The largest absolute Gasteiger partial charge is 0.464 e. The summed E-state index contributed by atoms with van der Waals surface area (Å²) in [4.78, 5) is 2.50. The lowest BCUT2D eigenvalue weighted by molar-refractivity contribution is 0.244. The van der Waals surface area contributed by atoms with Gasteiger partial charge in [0.15, 0.2) is 0 Å². The summed E-state index contributed by atoms with van der Waals surface area (Å²) in [5, 5.41) is 3.47. The van der Waals surface area contributed by atoms with Crippen LogP contribution in [0.4, 0.5) is 0 Å². The summed E-state index contributed by atoms with van der Waals surface area (Å²) in [6, 6.07) is 4.98. The van der Waals surface area contributed by atoms with E-state index in [9.17, 15) is 0 Å². The second-order valence-electron chi connectivity index (χ2n) is 5.40. The van der Waals surface area contributed by atoms with Gasteiger partial charge in [-0.15, -0.1) is 0 Å². The zero-order valence-electron chi connectivity index (χ0n) is 12.2. The van der Waals surface area contributed by atoms with Gasteiger partial charge in [-0.3, -0.25) is 0 Å². The van der Waals surface area contributed by atoms with E-state index in [1.807, 2.05) is 0 Å². The van der Waals surface area contributed by atoms with Gasteiger partial charge in [-0.1, -0.05) is 12.8 Å². The molecule has 0 bridgehead atoms. The molecule has 4 heteroatoms. The number of rotatable bonds is 8. The average molecular weight is 282 g/mol. The summed E-state index contributed by atoms with van der Waals surface area (Å²) in [5.74, 6) is 3.09. The van der Waals surface area contributed by atoms with Crippen molar-refractivity contribution in [3.8, 4) is 0 Å². The van der Waals surface area contributed by atoms with Gasteiger partial charge in [0.25, 0.3) is 0 Å². The highest BCUT2D eigenvalue weighted by molar-refractivity contribution is 7.97. The van der Waals surface area contributed by atoms with Crippen molar-refractivity contribution >= 4 is 11.8 Å². The smallest absolute Gasteiger partial charge is 0.118 e. The fourth-order valence-electron chi connectivity index (χ4n) is 2.73. The van der Waals surface area contributed by atoms with Gasteiger partial charge in [-0.2, -0.15) is 11.8 Å². The van der Waals surface area contributed by atoms with Crippen LogP contribution in [0.2, 0.25) is 0 Å². The second kappa shape index (κ2) is 7.98. The second-order valence-corrected chi connectivity index (χ2v) is 6.26. The van der Waals surface area contributed by atoms with Crippen molar-refractivity contribution < 1.29 is 4.42 Å². The van der Waals surface area contributed by atoms with Crippen LogP contribution in [0, 0.1) is 0 Å². The summed E-state index contributed by atoms with van der Waals surface area (Å²) in [6.07, 6.45) is 7.68. The van der Waals surface area contributed by atoms with Gasteiger partial charge in [0, 0.05) is 19.1 Å². The van der Waals surface area contributed by atoms with E-state index in [0.717, 1.165) is 42.9 Å². The first-order valence-electron chi connectivity index (χ1n) is 7.27. The highest BCUT2D eigenvalue weighted by Gasteiger charge is 2.18. The Labute approximate surface area is 121 Å². The molecule has 0 spiro atoms. The molecule has 0 aromatic carbocycles. The zero-order valence-corrected chi connectivity index (χ0v) is 13.0. The van der Waals surface area contributed by atoms with E-state index < -0.39 is 0 Å². The number of nitrogens with zero attached hydrogens (tertiary/aromatic N) is 1. The number of furan rings is 1. The summed E-state index contributed by atoms with van der Waals surface area (Å²) < 4.78 is 5.73. The normalized spacial score (nSPS) is 16.6. The SMILES string of the molecule is CSCc1ccc(CNCCN(C)C2CCCC2)o1. The molecule has 1 aliphatic rings. The highest BCUT2D eigenvalue weighted by Crippen LogP contribution is 2.21. The van der Waals surface area contributed by atoms with Gasteiger partial charge in [-0.05, 0) is 38.3 Å². The predicted octanol–water partition coefficient (Wildman–Crippen LogP) is 3.11. The van der Waals surface area contributed by atoms with Gasteiger partial charge in [-0.25, -0.2) is 0 Å². The quantitative estimate of drug-likeness (QED) is 0.742. The summed E-state index contributed by atoms with van der Waals surface area (Å²) in [5.41, 5.74) is 0. The fourth-order valence-corrected chi connectivity index (χ4v) is 3.17. The first kappa shape index (κ1) is 14.9. The van der Waals surface area contributed by atoms with E-state index in [4.69, 9.17) is 4.42 Å². The number of nitrogens with one attached hydrogen (secondary N) is 1. The molecule has 0 unspecified atom stereocenters. The van der Waals surface area contributed by atoms with Gasteiger partial charge in [0.1, 0.15) is 11.5 Å².